The molecule has 1 aromatic rings. The molecule has 0 N–H and O–H groups in total. The number of ketones is 1. The van der Waals surface area contributed by atoms with Gasteiger partial charge < -0.3 is 0 Å². The smallest absolute Gasteiger partial charge is 0.137 e. The third kappa shape index (κ3) is 5.73. The van der Waals surface area contributed by atoms with Gasteiger partial charge in [-0.05, 0) is 66.6 Å². The van der Waals surface area contributed by atoms with Crippen molar-refractivity contribution in [3.05, 3.63) is 71.0 Å². The second-order valence-electron chi connectivity index (χ2n) is 10.8. The first-order valence-electron chi connectivity index (χ1n) is 12.1. The van der Waals surface area contributed by atoms with Crippen molar-refractivity contribution in [1.29, 1.82) is 0 Å². The highest BCUT2D eigenvalue weighted by atomic mass is 16.1. The molecule has 3 aliphatic rings. The fourth-order valence-electron chi connectivity index (χ4n) is 5.26. The Labute approximate surface area is 192 Å². The number of carbonyl (C=O) groups is 1. The first-order valence-corrected chi connectivity index (χ1v) is 12.1. The van der Waals surface area contributed by atoms with Crippen LogP contribution in [-0.2, 0) is 11.2 Å². The lowest BCUT2D eigenvalue weighted by atomic mass is 9.74. The number of Topliss-reactive ketones (excluding diaryl/α,β-unsaturated/α-hetero) is 1. The monoisotopic (exact) mass is 421 g/mol. The number of hydrogen-bond donors (Lipinski definition) is 0. The molecule has 2 atom stereocenters. The summed E-state index contributed by atoms with van der Waals surface area (Å²) < 4.78 is 0. The molecule has 0 radical (unpaired) electrons. The molecule has 0 spiro atoms. The van der Waals surface area contributed by atoms with Crippen molar-refractivity contribution in [3.63, 3.8) is 0 Å². The van der Waals surface area contributed by atoms with E-state index in [0.29, 0.717) is 30.5 Å². The van der Waals surface area contributed by atoms with Gasteiger partial charge in [-0.15, -0.1) is 0 Å². The maximum atomic E-state index is 12.5. The van der Waals surface area contributed by atoms with Crippen LogP contribution in [0.3, 0.4) is 0 Å². The molecule has 0 aromatic heterocycles. The highest BCUT2D eigenvalue weighted by Crippen LogP contribution is 2.40. The van der Waals surface area contributed by atoms with E-state index in [0.717, 1.165) is 19.3 Å². The molecule has 1 aliphatic heterocycles. The van der Waals surface area contributed by atoms with E-state index in [9.17, 15) is 4.79 Å². The Morgan fingerprint density at radius 3 is 2.77 bits per heavy atom. The van der Waals surface area contributed by atoms with E-state index in [-0.39, 0.29) is 9.69 Å². The van der Waals surface area contributed by atoms with Crippen LogP contribution in [-0.4, -0.2) is 11.5 Å². The first kappa shape index (κ1) is 22.0. The van der Waals surface area contributed by atoms with E-state index in [1.807, 2.05) is 6.20 Å². The normalized spacial score (nSPS) is 23.5. The Morgan fingerprint density at radius 1 is 1.13 bits per heavy atom. The van der Waals surface area contributed by atoms with Crippen LogP contribution < -0.4 is 0 Å². The van der Waals surface area contributed by atoms with Crippen LogP contribution in [0.2, 0.25) is 0 Å². The fraction of sp³-hybridized carbons (Fsp3) is 0.517. The molecule has 0 bridgehead atoms. The van der Waals surface area contributed by atoms with Crippen LogP contribution >= 0.6 is 0 Å². The van der Waals surface area contributed by atoms with Crippen molar-refractivity contribution in [3.8, 4) is 0 Å². The molecule has 2 nitrogen and oxygen atoms in total. The fourth-order valence-corrected chi connectivity index (χ4v) is 5.26. The third-order valence-electron chi connectivity index (χ3n) is 7.03. The molecule has 2 heteroatoms. The minimum atomic E-state index is 0. The highest BCUT2D eigenvalue weighted by molar-refractivity contribution is 6.06. The molecule has 0 amide bonds. The predicted octanol–water partition coefficient (Wildman–Crippen LogP) is 8.25. The Kier molecular flexibility index (Phi) is 6.74. The van der Waals surface area contributed by atoms with Gasteiger partial charge in [0.1, 0.15) is 5.78 Å². The molecule has 31 heavy (non-hydrogen) atoms. The van der Waals surface area contributed by atoms with Crippen molar-refractivity contribution in [2.24, 2.45) is 16.3 Å². The Morgan fingerprint density at radius 2 is 1.94 bits per heavy atom. The SMILES string of the molecule is CC(C)(C)CCC(=O)Cc1cccc(C2CCCC(C3=NC=CCC4=C3C=CC4)C2)c1.[HH].[HH].[HH]. The summed E-state index contributed by atoms with van der Waals surface area (Å²) in [4.78, 5) is 17.4. The van der Waals surface area contributed by atoms with Gasteiger partial charge in [-0.2, -0.15) is 0 Å². The van der Waals surface area contributed by atoms with Gasteiger partial charge in [-0.1, -0.05) is 75.3 Å². The molecule has 2 aliphatic carbocycles. The quantitative estimate of drug-likeness (QED) is 0.454. The van der Waals surface area contributed by atoms with Gasteiger partial charge >= 0.3 is 0 Å². The van der Waals surface area contributed by atoms with Crippen molar-refractivity contribution >= 4 is 11.5 Å². The lowest BCUT2D eigenvalue weighted by Crippen LogP contribution is -2.23. The summed E-state index contributed by atoms with van der Waals surface area (Å²) in [6, 6.07) is 8.85. The van der Waals surface area contributed by atoms with Gasteiger partial charge in [0.2, 0.25) is 0 Å². The second kappa shape index (κ2) is 9.51. The zero-order chi connectivity index (χ0) is 21.8. The second-order valence-corrected chi connectivity index (χ2v) is 10.8. The van der Waals surface area contributed by atoms with Crippen LogP contribution in [0.15, 0.2) is 64.8 Å². The maximum absolute atomic E-state index is 12.5. The molecule has 2 unspecified atom stereocenters. The Balaban J connectivity index is 0.00000193. The van der Waals surface area contributed by atoms with Crippen LogP contribution in [0, 0.1) is 11.3 Å². The van der Waals surface area contributed by atoms with Crippen molar-refractivity contribution < 1.29 is 9.07 Å². The summed E-state index contributed by atoms with van der Waals surface area (Å²) in [7, 11) is 0. The Hall–Kier alpha value is -2.22. The lowest BCUT2D eigenvalue weighted by molar-refractivity contribution is -0.118. The van der Waals surface area contributed by atoms with Crippen LogP contribution in [0.5, 0.6) is 0 Å². The molecular formula is C29H43NO. The minimum Gasteiger partial charge on any atom is -0.299 e. The number of benzene rings is 1. The van der Waals surface area contributed by atoms with Gasteiger partial charge in [0.25, 0.3) is 0 Å². The predicted molar refractivity (Wildman–Crippen MR) is 137 cm³/mol. The summed E-state index contributed by atoms with van der Waals surface area (Å²) in [6.07, 6.45) is 18.0. The summed E-state index contributed by atoms with van der Waals surface area (Å²) in [5, 5.41) is 0. The zero-order valence-corrected chi connectivity index (χ0v) is 19.5. The molecule has 0 saturated heterocycles. The minimum absolute atomic E-state index is 0. The van der Waals surface area contributed by atoms with E-state index >= 15 is 0 Å². The summed E-state index contributed by atoms with van der Waals surface area (Å²) in [5.74, 6) is 1.46. The Bertz CT molecular complexity index is 952. The van der Waals surface area contributed by atoms with Gasteiger partial charge in [0, 0.05) is 29.2 Å². The number of allylic oxidation sites excluding steroid dienone is 5. The van der Waals surface area contributed by atoms with Crippen LogP contribution in [0.4, 0.5) is 0 Å². The van der Waals surface area contributed by atoms with Crippen molar-refractivity contribution in [1.82, 2.24) is 0 Å². The van der Waals surface area contributed by atoms with E-state index in [2.05, 4.69) is 63.3 Å². The number of aliphatic imine (C=N–C) groups is 1. The number of hydrogen-bond acceptors (Lipinski definition) is 2. The molecule has 4 rings (SSSR count). The van der Waals surface area contributed by atoms with Crippen molar-refractivity contribution in [2.75, 3.05) is 0 Å². The standard InChI is InChI=1S/C29H37NO.3H2/c1-29(2,3)16-15-26(31)19-21-8-4-10-23(18-21)24-11-5-12-25(20-24)28-27-14-6-9-22(27)13-7-17-30-28;;;/h4,6-8,10,14,17-18,24-25H,5,9,11-13,15-16,19-20H2,1-3H3;3*1H. The van der Waals surface area contributed by atoms with E-state index in [4.69, 9.17) is 4.99 Å². The molecule has 1 saturated carbocycles. The summed E-state index contributed by atoms with van der Waals surface area (Å²) in [6.45, 7) is 6.61. The molecule has 1 aromatic carbocycles. The highest BCUT2D eigenvalue weighted by Gasteiger charge is 2.30. The van der Waals surface area contributed by atoms with Gasteiger partial charge in [0.05, 0.1) is 5.71 Å². The molecule has 170 valence electrons. The number of rotatable bonds is 6. The van der Waals surface area contributed by atoms with Gasteiger partial charge in [-0.25, -0.2) is 0 Å². The number of carbonyl (C=O) groups excluding carboxylic acids is 1. The molecular weight excluding hydrogens is 378 g/mol. The topological polar surface area (TPSA) is 29.4 Å². The molecule has 1 heterocycles. The zero-order valence-electron chi connectivity index (χ0n) is 19.5. The average molecular weight is 422 g/mol. The van der Waals surface area contributed by atoms with E-state index in [1.165, 1.54) is 53.7 Å². The van der Waals surface area contributed by atoms with E-state index in [1.54, 1.807) is 0 Å². The molecule has 1 fully saturated rings. The third-order valence-corrected chi connectivity index (χ3v) is 7.03. The van der Waals surface area contributed by atoms with Gasteiger partial charge in [-0.3, -0.25) is 9.79 Å². The lowest BCUT2D eigenvalue weighted by Gasteiger charge is -2.31. The summed E-state index contributed by atoms with van der Waals surface area (Å²) >= 11 is 0. The van der Waals surface area contributed by atoms with Gasteiger partial charge in [0.15, 0.2) is 0 Å². The average Bonchev–Trinajstić information content (AvgIpc) is 3.11. The number of nitrogens with zero attached hydrogens (tertiary/aromatic N) is 1. The largest absolute Gasteiger partial charge is 0.299 e. The van der Waals surface area contributed by atoms with E-state index < -0.39 is 0 Å². The van der Waals surface area contributed by atoms with Crippen molar-refractivity contribution in [2.45, 2.75) is 84.5 Å². The maximum Gasteiger partial charge on any atom is 0.137 e. The van der Waals surface area contributed by atoms with Crippen LogP contribution in [0.1, 0.15) is 93.5 Å². The van der Waals surface area contributed by atoms with Crippen LogP contribution in [0.25, 0.3) is 0 Å². The first-order chi connectivity index (χ1) is 14.9. The summed E-state index contributed by atoms with van der Waals surface area (Å²) in [5.41, 5.74) is 7.06.